The summed E-state index contributed by atoms with van der Waals surface area (Å²) in [5, 5.41) is 9.79. The van der Waals surface area contributed by atoms with Crippen LogP contribution in [0, 0.1) is 11.6 Å². The van der Waals surface area contributed by atoms with E-state index in [1.54, 1.807) is 22.9 Å². The number of nitrogens with zero attached hydrogens (tertiary/aromatic N) is 1. The van der Waals surface area contributed by atoms with Crippen molar-refractivity contribution in [3.8, 4) is 0 Å². The Morgan fingerprint density at radius 2 is 1.95 bits per heavy atom. The van der Waals surface area contributed by atoms with Crippen LogP contribution in [0.15, 0.2) is 48.7 Å². The average molecular weight is 301 g/mol. The monoisotopic (exact) mass is 301 g/mol. The molecule has 1 aromatic heterocycles. The van der Waals surface area contributed by atoms with Gasteiger partial charge in [-0.05, 0) is 29.1 Å². The van der Waals surface area contributed by atoms with E-state index in [9.17, 15) is 13.6 Å². The van der Waals surface area contributed by atoms with Gasteiger partial charge in [0.1, 0.15) is 0 Å². The van der Waals surface area contributed by atoms with Crippen molar-refractivity contribution in [3.05, 3.63) is 71.4 Å². The molecule has 0 bridgehead atoms. The summed E-state index contributed by atoms with van der Waals surface area (Å²) in [6.45, 7) is 0.184. The highest BCUT2D eigenvalue weighted by Gasteiger charge is 2.10. The Morgan fingerprint density at radius 1 is 1.14 bits per heavy atom. The summed E-state index contributed by atoms with van der Waals surface area (Å²) in [5.74, 6) is -2.64. The molecular formula is C17H13F2NO2. The van der Waals surface area contributed by atoms with Crippen LogP contribution < -0.4 is 0 Å². The third-order valence-corrected chi connectivity index (χ3v) is 3.57. The largest absolute Gasteiger partial charge is 0.481 e. The lowest BCUT2D eigenvalue weighted by Gasteiger charge is -2.08. The number of halogens is 2. The zero-order valence-corrected chi connectivity index (χ0v) is 11.6. The van der Waals surface area contributed by atoms with Gasteiger partial charge in [0.15, 0.2) is 11.6 Å². The molecule has 3 nitrogen and oxygen atoms in total. The van der Waals surface area contributed by atoms with Crippen molar-refractivity contribution in [2.75, 3.05) is 0 Å². The average Bonchev–Trinajstić information content (AvgIpc) is 2.86. The van der Waals surface area contributed by atoms with E-state index in [0.29, 0.717) is 5.56 Å². The summed E-state index contributed by atoms with van der Waals surface area (Å²) in [5.41, 5.74) is 1.71. The molecule has 3 aromatic rings. The fraction of sp³-hybridized carbons (Fsp3) is 0.118. The maximum atomic E-state index is 13.8. The molecule has 0 spiro atoms. The summed E-state index contributed by atoms with van der Waals surface area (Å²) >= 11 is 0. The number of rotatable bonds is 4. The minimum Gasteiger partial charge on any atom is -0.481 e. The molecule has 3 rings (SSSR count). The van der Waals surface area contributed by atoms with Crippen LogP contribution in [0.25, 0.3) is 10.9 Å². The van der Waals surface area contributed by atoms with E-state index in [1.165, 1.54) is 12.1 Å². The predicted octanol–water partition coefficient (Wildman–Crippen LogP) is 3.59. The minimum atomic E-state index is -0.909. The fourth-order valence-electron chi connectivity index (χ4n) is 2.51. The number of carboxylic acid groups (broad SMARTS) is 1. The molecule has 0 unspecified atom stereocenters. The molecule has 2 aromatic carbocycles. The molecule has 22 heavy (non-hydrogen) atoms. The smallest absolute Gasteiger partial charge is 0.307 e. The quantitative estimate of drug-likeness (QED) is 0.800. The standard InChI is InChI=1S/C17H13F2NO2/c18-14-3-1-2-13(17(14)19)10-20-7-6-12-5-4-11(8-15(12)20)9-16(21)22/h1-8H,9-10H2,(H,21,22). The Balaban J connectivity index is 2.00. The number of aromatic nitrogens is 1. The van der Waals surface area contributed by atoms with Gasteiger partial charge in [-0.15, -0.1) is 0 Å². The van der Waals surface area contributed by atoms with Crippen molar-refractivity contribution in [3.63, 3.8) is 0 Å². The molecule has 0 aliphatic rings. The maximum absolute atomic E-state index is 13.8. The van der Waals surface area contributed by atoms with Gasteiger partial charge in [0.05, 0.1) is 13.0 Å². The van der Waals surface area contributed by atoms with E-state index in [1.807, 2.05) is 12.1 Å². The number of carboxylic acids is 1. The van der Waals surface area contributed by atoms with Crippen LogP contribution in [0.4, 0.5) is 8.78 Å². The highest BCUT2D eigenvalue weighted by Crippen LogP contribution is 2.21. The molecule has 0 saturated heterocycles. The lowest BCUT2D eigenvalue weighted by atomic mass is 10.1. The van der Waals surface area contributed by atoms with Gasteiger partial charge in [0.25, 0.3) is 0 Å². The Kier molecular flexibility index (Phi) is 3.63. The molecule has 0 saturated carbocycles. The Morgan fingerprint density at radius 3 is 2.73 bits per heavy atom. The second kappa shape index (κ2) is 5.60. The van der Waals surface area contributed by atoms with Crippen LogP contribution in [0.1, 0.15) is 11.1 Å². The third kappa shape index (κ3) is 2.70. The highest BCUT2D eigenvalue weighted by molar-refractivity contribution is 5.82. The van der Waals surface area contributed by atoms with Crippen molar-refractivity contribution in [2.45, 2.75) is 13.0 Å². The zero-order chi connectivity index (χ0) is 15.7. The number of aliphatic carboxylic acids is 1. The van der Waals surface area contributed by atoms with E-state index in [2.05, 4.69) is 0 Å². The van der Waals surface area contributed by atoms with Gasteiger partial charge in [-0.3, -0.25) is 4.79 Å². The Hall–Kier alpha value is -2.69. The molecule has 5 heteroatoms. The maximum Gasteiger partial charge on any atom is 0.307 e. The fourth-order valence-corrected chi connectivity index (χ4v) is 2.51. The van der Waals surface area contributed by atoms with Gasteiger partial charge < -0.3 is 9.67 Å². The van der Waals surface area contributed by atoms with E-state index < -0.39 is 17.6 Å². The summed E-state index contributed by atoms with van der Waals surface area (Å²) in [6, 6.07) is 11.3. The van der Waals surface area contributed by atoms with Crippen LogP contribution >= 0.6 is 0 Å². The first kappa shape index (κ1) is 14.3. The van der Waals surface area contributed by atoms with E-state index in [0.717, 1.165) is 17.0 Å². The number of fused-ring (bicyclic) bond motifs is 1. The van der Waals surface area contributed by atoms with Gasteiger partial charge in [-0.2, -0.15) is 0 Å². The third-order valence-electron chi connectivity index (χ3n) is 3.57. The van der Waals surface area contributed by atoms with Gasteiger partial charge in [-0.1, -0.05) is 24.3 Å². The molecule has 1 N–H and O–H groups in total. The lowest BCUT2D eigenvalue weighted by Crippen LogP contribution is -2.03. The SMILES string of the molecule is O=C(O)Cc1ccc2ccn(Cc3cccc(F)c3F)c2c1. The summed E-state index contributed by atoms with van der Waals surface area (Å²) in [4.78, 5) is 10.8. The van der Waals surface area contributed by atoms with Gasteiger partial charge in [-0.25, -0.2) is 8.78 Å². The number of hydrogen-bond donors (Lipinski definition) is 1. The molecule has 0 atom stereocenters. The first-order valence-corrected chi connectivity index (χ1v) is 6.77. The number of benzene rings is 2. The lowest BCUT2D eigenvalue weighted by molar-refractivity contribution is -0.136. The number of hydrogen-bond acceptors (Lipinski definition) is 1. The second-order valence-electron chi connectivity index (χ2n) is 5.12. The summed E-state index contributed by atoms with van der Waals surface area (Å²) < 4.78 is 28.8. The molecule has 0 aliphatic heterocycles. The summed E-state index contributed by atoms with van der Waals surface area (Å²) in [6.07, 6.45) is 1.70. The van der Waals surface area contributed by atoms with E-state index in [-0.39, 0.29) is 18.5 Å². The molecule has 0 fully saturated rings. The Bertz CT molecular complexity index is 855. The zero-order valence-electron chi connectivity index (χ0n) is 11.6. The van der Waals surface area contributed by atoms with Crippen LogP contribution in [0.3, 0.4) is 0 Å². The van der Waals surface area contributed by atoms with Crippen molar-refractivity contribution in [2.24, 2.45) is 0 Å². The van der Waals surface area contributed by atoms with Crippen molar-refractivity contribution in [1.29, 1.82) is 0 Å². The number of carbonyl (C=O) groups is 1. The predicted molar refractivity (Wildman–Crippen MR) is 78.7 cm³/mol. The van der Waals surface area contributed by atoms with Gasteiger partial charge in [0, 0.05) is 17.3 Å². The van der Waals surface area contributed by atoms with Crippen molar-refractivity contribution >= 4 is 16.9 Å². The van der Waals surface area contributed by atoms with Crippen LogP contribution in [-0.2, 0) is 17.8 Å². The molecule has 112 valence electrons. The van der Waals surface area contributed by atoms with Crippen LogP contribution in [-0.4, -0.2) is 15.6 Å². The molecule has 0 aliphatic carbocycles. The first-order chi connectivity index (χ1) is 10.5. The summed E-state index contributed by atoms with van der Waals surface area (Å²) in [7, 11) is 0. The Labute approximate surface area is 125 Å². The second-order valence-corrected chi connectivity index (χ2v) is 5.12. The van der Waals surface area contributed by atoms with Crippen molar-refractivity contribution in [1.82, 2.24) is 4.57 Å². The van der Waals surface area contributed by atoms with Gasteiger partial charge in [0.2, 0.25) is 0 Å². The van der Waals surface area contributed by atoms with E-state index >= 15 is 0 Å². The van der Waals surface area contributed by atoms with Crippen molar-refractivity contribution < 1.29 is 18.7 Å². The minimum absolute atomic E-state index is 0.0740. The first-order valence-electron chi connectivity index (χ1n) is 6.77. The van der Waals surface area contributed by atoms with Crippen LogP contribution in [0.5, 0.6) is 0 Å². The van der Waals surface area contributed by atoms with E-state index in [4.69, 9.17) is 5.11 Å². The highest BCUT2D eigenvalue weighted by atomic mass is 19.2. The molecule has 0 radical (unpaired) electrons. The molecule has 1 heterocycles. The van der Waals surface area contributed by atoms with Gasteiger partial charge >= 0.3 is 5.97 Å². The molecular weight excluding hydrogens is 288 g/mol. The molecule has 0 amide bonds. The topological polar surface area (TPSA) is 42.2 Å². The normalized spacial score (nSPS) is 11.0. The van der Waals surface area contributed by atoms with Crippen LogP contribution in [0.2, 0.25) is 0 Å².